The van der Waals surface area contributed by atoms with Crippen LogP contribution < -0.4 is 15.5 Å². The van der Waals surface area contributed by atoms with Crippen LogP contribution in [-0.4, -0.2) is 64.5 Å². The Morgan fingerprint density at radius 3 is 2.31 bits per heavy atom. The summed E-state index contributed by atoms with van der Waals surface area (Å²) in [6.07, 6.45) is 1.38. The number of aromatic carboxylic acids is 1. The van der Waals surface area contributed by atoms with Crippen molar-refractivity contribution in [3.05, 3.63) is 64.7 Å². The monoisotopic (exact) mass is 534 g/mol. The quantitative estimate of drug-likeness (QED) is 0.501. The maximum atomic E-state index is 13.7. The van der Waals surface area contributed by atoms with Gasteiger partial charge in [-0.3, -0.25) is 14.4 Å². The second-order valence-corrected chi connectivity index (χ2v) is 10.9. The minimum atomic E-state index is -1.01. The van der Waals surface area contributed by atoms with Crippen molar-refractivity contribution in [2.45, 2.75) is 71.6 Å². The molecule has 1 spiro atoms. The minimum Gasteiger partial charge on any atom is -0.478 e. The van der Waals surface area contributed by atoms with Crippen LogP contribution in [0.3, 0.4) is 0 Å². The summed E-state index contributed by atoms with van der Waals surface area (Å²) in [7, 11) is 0. The number of hydrogen-bond acceptors (Lipinski definition) is 5. The highest BCUT2D eigenvalue weighted by Gasteiger charge is 2.54. The van der Waals surface area contributed by atoms with Crippen molar-refractivity contribution in [2.24, 2.45) is 5.92 Å². The predicted octanol–water partition coefficient (Wildman–Crippen LogP) is 3.35. The van der Waals surface area contributed by atoms with Gasteiger partial charge < -0.3 is 25.5 Å². The summed E-state index contributed by atoms with van der Waals surface area (Å²) in [6.45, 7) is 10.4. The molecule has 3 amide bonds. The SMILES string of the molecule is CCc1ccc(C)c(C(=O)NC(C(=O)N2CCC3(CC2)C(=O)NC(C)N3c2ccc(C(=O)O)cc2)C(C)C)c1. The maximum absolute atomic E-state index is 13.7. The van der Waals surface area contributed by atoms with Crippen molar-refractivity contribution in [3.63, 3.8) is 0 Å². The molecule has 39 heavy (non-hydrogen) atoms. The van der Waals surface area contributed by atoms with Crippen molar-refractivity contribution >= 4 is 29.4 Å². The lowest BCUT2D eigenvalue weighted by Gasteiger charge is -2.45. The number of nitrogens with zero attached hydrogens (tertiary/aromatic N) is 2. The third-order valence-corrected chi connectivity index (χ3v) is 8.08. The van der Waals surface area contributed by atoms with E-state index in [9.17, 15) is 24.3 Å². The smallest absolute Gasteiger partial charge is 0.335 e. The van der Waals surface area contributed by atoms with E-state index in [4.69, 9.17) is 0 Å². The lowest BCUT2D eigenvalue weighted by molar-refractivity contribution is -0.138. The van der Waals surface area contributed by atoms with E-state index >= 15 is 0 Å². The second-order valence-electron chi connectivity index (χ2n) is 10.9. The average Bonchev–Trinajstić information content (AvgIpc) is 3.15. The molecule has 2 aliphatic heterocycles. The molecular weight excluding hydrogens is 496 g/mol. The summed E-state index contributed by atoms with van der Waals surface area (Å²) in [6, 6.07) is 11.6. The Bertz CT molecular complexity index is 1260. The molecule has 2 unspecified atom stereocenters. The van der Waals surface area contributed by atoms with Crippen molar-refractivity contribution in [1.29, 1.82) is 0 Å². The summed E-state index contributed by atoms with van der Waals surface area (Å²) >= 11 is 0. The van der Waals surface area contributed by atoms with Gasteiger partial charge in [-0.05, 0) is 80.5 Å². The number of nitrogens with one attached hydrogen (secondary N) is 2. The van der Waals surface area contributed by atoms with E-state index in [1.54, 1.807) is 17.0 Å². The lowest BCUT2D eigenvalue weighted by Crippen LogP contribution is -2.60. The molecule has 2 aromatic carbocycles. The van der Waals surface area contributed by atoms with Gasteiger partial charge in [0, 0.05) is 24.3 Å². The van der Waals surface area contributed by atoms with Gasteiger partial charge in [0.25, 0.3) is 5.91 Å². The molecule has 208 valence electrons. The fourth-order valence-electron chi connectivity index (χ4n) is 5.73. The zero-order valence-corrected chi connectivity index (χ0v) is 23.3. The number of carboxylic acids is 1. The van der Waals surface area contributed by atoms with Crippen LogP contribution >= 0.6 is 0 Å². The standard InChI is InChI=1S/C30H38N4O5/c1-6-21-8-7-19(4)24(17-21)26(35)32-25(18(2)3)27(36)33-15-13-30(14-16-33)29(39)31-20(5)34(30)23-11-9-22(10-12-23)28(37)38/h7-12,17-18,20,25H,6,13-16H2,1-5H3,(H,31,39)(H,32,35)(H,37,38). The van der Waals surface area contributed by atoms with E-state index in [2.05, 4.69) is 10.6 Å². The molecule has 2 saturated heterocycles. The van der Waals surface area contributed by atoms with Crippen LogP contribution in [-0.2, 0) is 16.0 Å². The Morgan fingerprint density at radius 2 is 1.74 bits per heavy atom. The van der Waals surface area contributed by atoms with Crippen LogP contribution in [0.25, 0.3) is 0 Å². The van der Waals surface area contributed by atoms with Gasteiger partial charge >= 0.3 is 5.97 Å². The topological polar surface area (TPSA) is 119 Å². The van der Waals surface area contributed by atoms with E-state index in [-0.39, 0.29) is 35.4 Å². The number of rotatable bonds is 7. The average molecular weight is 535 g/mol. The first-order valence-corrected chi connectivity index (χ1v) is 13.6. The third-order valence-electron chi connectivity index (χ3n) is 8.08. The number of benzene rings is 2. The first kappa shape index (κ1) is 28.1. The Hall–Kier alpha value is -3.88. The summed E-state index contributed by atoms with van der Waals surface area (Å²) < 4.78 is 0. The number of carboxylic acid groups (broad SMARTS) is 1. The molecule has 0 aromatic heterocycles. The molecule has 2 heterocycles. The number of hydrogen-bond donors (Lipinski definition) is 3. The summed E-state index contributed by atoms with van der Waals surface area (Å²) in [5, 5.41) is 15.3. The number of amides is 3. The van der Waals surface area contributed by atoms with Crippen LogP contribution in [0.15, 0.2) is 42.5 Å². The van der Waals surface area contributed by atoms with Crippen LogP contribution in [0.1, 0.15) is 72.4 Å². The summed E-state index contributed by atoms with van der Waals surface area (Å²) in [4.78, 5) is 55.1. The number of carbonyl (C=O) groups is 4. The van der Waals surface area contributed by atoms with Gasteiger partial charge in [-0.1, -0.05) is 32.9 Å². The lowest BCUT2D eigenvalue weighted by atomic mass is 9.85. The highest BCUT2D eigenvalue weighted by molar-refractivity contribution is 5.99. The van der Waals surface area contributed by atoms with Crippen molar-refractivity contribution in [1.82, 2.24) is 15.5 Å². The molecule has 4 rings (SSSR count). The Kier molecular flexibility index (Phi) is 7.99. The van der Waals surface area contributed by atoms with E-state index in [1.165, 1.54) is 12.1 Å². The number of aryl methyl sites for hydroxylation is 2. The zero-order valence-electron chi connectivity index (χ0n) is 23.3. The fraction of sp³-hybridized carbons (Fsp3) is 0.467. The van der Waals surface area contributed by atoms with E-state index in [1.807, 2.05) is 57.7 Å². The van der Waals surface area contributed by atoms with Gasteiger partial charge in [0.1, 0.15) is 11.6 Å². The van der Waals surface area contributed by atoms with E-state index < -0.39 is 17.6 Å². The number of likely N-dealkylation sites (tertiary alicyclic amines) is 1. The van der Waals surface area contributed by atoms with Gasteiger partial charge in [-0.2, -0.15) is 0 Å². The van der Waals surface area contributed by atoms with Crippen LogP contribution in [0.2, 0.25) is 0 Å². The fourth-order valence-corrected chi connectivity index (χ4v) is 5.73. The van der Waals surface area contributed by atoms with E-state index in [0.29, 0.717) is 31.5 Å². The van der Waals surface area contributed by atoms with Gasteiger partial charge in [-0.15, -0.1) is 0 Å². The normalized spacial score (nSPS) is 19.2. The van der Waals surface area contributed by atoms with Gasteiger partial charge in [0.2, 0.25) is 11.8 Å². The predicted molar refractivity (Wildman–Crippen MR) is 149 cm³/mol. The van der Waals surface area contributed by atoms with Crippen LogP contribution in [0, 0.1) is 12.8 Å². The Morgan fingerprint density at radius 1 is 1.10 bits per heavy atom. The third kappa shape index (κ3) is 5.35. The van der Waals surface area contributed by atoms with Gasteiger partial charge in [0.05, 0.1) is 11.7 Å². The molecule has 2 aromatic rings. The number of carbonyl (C=O) groups excluding carboxylic acids is 3. The highest BCUT2D eigenvalue weighted by Crippen LogP contribution is 2.39. The molecule has 9 nitrogen and oxygen atoms in total. The second kappa shape index (κ2) is 11.1. The molecule has 9 heteroatoms. The molecule has 0 radical (unpaired) electrons. The molecule has 0 saturated carbocycles. The van der Waals surface area contributed by atoms with Crippen molar-refractivity contribution < 1.29 is 24.3 Å². The molecule has 3 N–H and O–H groups in total. The molecule has 2 atom stereocenters. The molecule has 0 bridgehead atoms. The van der Waals surface area contributed by atoms with Crippen molar-refractivity contribution in [2.75, 3.05) is 18.0 Å². The maximum Gasteiger partial charge on any atom is 0.335 e. The number of anilines is 1. The van der Waals surface area contributed by atoms with Gasteiger partial charge in [0.15, 0.2) is 0 Å². The summed E-state index contributed by atoms with van der Waals surface area (Å²) in [5.74, 6) is -1.63. The van der Waals surface area contributed by atoms with E-state index in [0.717, 1.165) is 23.2 Å². The first-order valence-electron chi connectivity index (χ1n) is 13.6. The van der Waals surface area contributed by atoms with Crippen LogP contribution in [0.4, 0.5) is 5.69 Å². The molecular formula is C30H38N4O5. The summed E-state index contributed by atoms with van der Waals surface area (Å²) in [5.41, 5.74) is 2.59. The molecule has 2 aliphatic rings. The largest absolute Gasteiger partial charge is 0.478 e. The Balaban J connectivity index is 1.50. The highest BCUT2D eigenvalue weighted by atomic mass is 16.4. The van der Waals surface area contributed by atoms with Crippen molar-refractivity contribution in [3.8, 4) is 0 Å². The first-order chi connectivity index (χ1) is 18.5. The minimum absolute atomic E-state index is 0.0931. The molecule has 2 fully saturated rings. The zero-order chi connectivity index (χ0) is 28.5. The van der Waals surface area contributed by atoms with Gasteiger partial charge in [-0.25, -0.2) is 4.79 Å². The Labute approximate surface area is 229 Å². The van der Waals surface area contributed by atoms with Crippen LogP contribution in [0.5, 0.6) is 0 Å². The number of piperidine rings is 1. The molecule has 0 aliphatic carbocycles.